The predicted molar refractivity (Wildman–Crippen MR) is 114 cm³/mol. The van der Waals surface area contributed by atoms with Crippen LogP contribution in [0.2, 0.25) is 0 Å². The molecule has 1 N–H and O–H groups in total. The Bertz CT molecular complexity index is 974. The summed E-state index contributed by atoms with van der Waals surface area (Å²) in [5.74, 6) is 0.499. The number of nitrogens with zero attached hydrogens (tertiary/aromatic N) is 1. The normalized spacial score (nSPS) is 16.3. The molecular formula is C20H16BrFN2O3S. The average molecular weight is 463 g/mol. The van der Waals surface area contributed by atoms with Gasteiger partial charge in [-0.15, -0.1) is 0 Å². The van der Waals surface area contributed by atoms with Gasteiger partial charge in [0.05, 0.1) is 22.2 Å². The zero-order valence-electron chi connectivity index (χ0n) is 14.9. The molecule has 28 heavy (non-hydrogen) atoms. The molecule has 0 radical (unpaired) electrons. The molecule has 1 fully saturated rings. The highest BCUT2D eigenvalue weighted by Gasteiger charge is 2.24. The van der Waals surface area contributed by atoms with Crippen molar-refractivity contribution in [2.75, 3.05) is 13.7 Å². The maximum atomic E-state index is 13.0. The van der Waals surface area contributed by atoms with Gasteiger partial charge < -0.3 is 14.8 Å². The lowest BCUT2D eigenvalue weighted by molar-refractivity contribution is -0.115. The van der Waals surface area contributed by atoms with E-state index in [2.05, 4.69) is 32.8 Å². The summed E-state index contributed by atoms with van der Waals surface area (Å²) in [5, 5.41) is 3.13. The number of amidine groups is 1. The average Bonchev–Trinajstić information content (AvgIpc) is 3.01. The van der Waals surface area contributed by atoms with Crippen LogP contribution in [0.15, 0.2) is 63.4 Å². The zero-order valence-corrected chi connectivity index (χ0v) is 17.3. The third-order valence-electron chi connectivity index (χ3n) is 3.60. The molecular weight excluding hydrogens is 447 g/mol. The molecule has 5 nitrogen and oxygen atoms in total. The van der Waals surface area contributed by atoms with Crippen molar-refractivity contribution in [3.63, 3.8) is 0 Å². The Morgan fingerprint density at radius 2 is 2.07 bits per heavy atom. The van der Waals surface area contributed by atoms with E-state index in [4.69, 9.17) is 9.47 Å². The number of carbonyl (C=O) groups is 1. The van der Waals surface area contributed by atoms with Gasteiger partial charge in [-0.3, -0.25) is 4.79 Å². The topological polar surface area (TPSA) is 59.9 Å². The van der Waals surface area contributed by atoms with Crippen molar-refractivity contribution < 1.29 is 18.7 Å². The van der Waals surface area contributed by atoms with Crippen LogP contribution in [0.25, 0.3) is 6.08 Å². The van der Waals surface area contributed by atoms with Crippen LogP contribution in [0, 0.1) is 5.82 Å². The van der Waals surface area contributed by atoms with Crippen molar-refractivity contribution in [2.24, 2.45) is 4.99 Å². The molecule has 0 saturated carbocycles. The van der Waals surface area contributed by atoms with Crippen molar-refractivity contribution in [1.82, 2.24) is 5.32 Å². The molecule has 0 bridgehead atoms. The highest BCUT2D eigenvalue weighted by molar-refractivity contribution is 9.10. The number of halogens is 2. The van der Waals surface area contributed by atoms with Gasteiger partial charge in [0.1, 0.15) is 12.4 Å². The van der Waals surface area contributed by atoms with Gasteiger partial charge in [0, 0.05) is 0 Å². The van der Waals surface area contributed by atoms with Gasteiger partial charge in [0.2, 0.25) is 0 Å². The second-order valence-corrected chi connectivity index (χ2v) is 7.48. The fourth-order valence-corrected chi connectivity index (χ4v) is 3.79. The van der Waals surface area contributed by atoms with Crippen LogP contribution in [0.3, 0.4) is 0 Å². The summed E-state index contributed by atoms with van der Waals surface area (Å²) in [6.45, 7) is 3.97. The first-order chi connectivity index (χ1) is 13.5. The molecule has 1 saturated heterocycles. The minimum absolute atomic E-state index is 0.257. The van der Waals surface area contributed by atoms with E-state index in [1.54, 1.807) is 37.5 Å². The molecule has 0 unspecified atom stereocenters. The summed E-state index contributed by atoms with van der Waals surface area (Å²) in [5.41, 5.74) is 1.31. The zero-order chi connectivity index (χ0) is 20.1. The molecule has 0 aliphatic carbocycles. The molecule has 1 amide bonds. The second kappa shape index (κ2) is 9.07. The van der Waals surface area contributed by atoms with Crippen molar-refractivity contribution in [3.05, 3.63) is 69.8 Å². The number of thioether (sulfide) groups is 1. The molecule has 2 aromatic rings. The third kappa shape index (κ3) is 4.82. The van der Waals surface area contributed by atoms with E-state index >= 15 is 0 Å². The predicted octanol–water partition coefficient (Wildman–Crippen LogP) is 5.05. The summed E-state index contributed by atoms with van der Waals surface area (Å²) in [6.07, 6.45) is 3.38. The molecule has 1 aliphatic rings. The summed E-state index contributed by atoms with van der Waals surface area (Å²) >= 11 is 4.67. The molecule has 144 valence electrons. The van der Waals surface area contributed by atoms with Crippen LogP contribution < -0.4 is 14.8 Å². The van der Waals surface area contributed by atoms with E-state index < -0.39 is 0 Å². The Labute approximate surface area is 174 Å². The number of hydrogen-bond acceptors (Lipinski definition) is 5. The molecule has 1 heterocycles. The SMILES string of the molecule is C=CCOc1c(Br)cc(/C=C2/SC(=Nc3ccc(F)cc3)NC2=O)cc1OC. The minimum atomic E-state index is -0.340. The number of aliphatic imine (C=N–C) groups is 1. The van der Waals surface area contributed by atoms with Crippen molar-refractivity contribution >= 4 is 50.5 Å². The lowest BCUT2D eigenvalue weighted by Gasteiger charge is -2.12. The molecule has 0 aromatic heterocycles. The monoisotopic (exact) mass is 462 g/mol. The maximum Gasteiger partial charge on any atom is 0.264 e. The first-order valence-corrected chi connectivity index (χ1v) is 9.77. The number of amides is 1. The van der Waals surface area contributed by atoms with Gasteiger partial charge in [0.25, 0.3) is 5.91 Å². The Hall–Kier alpha value is -2.58. The highest BCUT2D eigenvalue weighted by Crippen LogP contribution is 2.38. The Morgan fingerprint density at radius 3 is 2.75 bits per heavy atom. The number of methoxy groups -OCH3 is 1. The summed E-state index contributed by atoms with van der Waals surface area (Å²) in [6, 6.07) is 9.33. The van der Waals surface area contributed by atoms with E-state index in [9.17, 15) is 9.18 Å². The summed E-state index contributed by atoms with van der Waals surface area (Å²) in [4.78, 5) is 17.1. The number of nitrogens with one attached hydrogen (secondary N) is 1. The number of rotatable bonds is 6. The van der Waals surface area contributed by atoms with E-state index in [0.29, 0.717) is 38.3 Å². The largest absolute Gasteiger partial charge is 0.493 e. The number of hydrogen-bond donors (Lipinski definition) is 1. The fraction of sp³-hybridized carbons (Fsp3) is 0.100. The van der Waals surface area contributed by atoms with Gasteiger partial charge in [0.15, 0.2) is 16.7 Å². The second-order valence-electron chi connectivity index (χ2n) is 5.59. The third-order valence-corrected chi connectivity index (χ3v) is 5.10. The highest BCUT2D eigenvalue weighted by atomic mass is 79.9. The maximum absolute atomic E-state index is 13.0. The lowest BCUT2D eigenvalue weighted by atomic mass is 10.2. The molecule has 3 rings (SSSR count). The molecule has 0 spiro atoms. The van der Waals surface area contributed by atoms with Crippen LogP contribution in [0.1, 0.15) is 5.56 Å². The van der Waals surface area contributed by atoms with E-state index in [-0.39, 0.29) is 11.7 Å². The van der Waals surface area contributed by atoms with Crippen molar-refractivity contribution in [2.45, 2.75) is 0 Å². The lowest BCUT2D eigenvalue weighted by Crippen LogP contribution is -2.19. The number of benzene rings is 2. The van der Waals surface area contributed by atoms with Crippen LogP contribution >= 0.6 is 27.7 Å². The van der Waals surface area contributed by atoms with Gasteiger partial charge in [-0.05, 0) is 75.7 Å². The van der Waals surface area contributed by atoms with Crippen LogP contribution in [0.4, 0.5) is 10.1 Å². The van der Waals surface area contributed by atoms with Crippen molar-refractivity contribution in [1.29, 1.82) is 0 Å². The summed E-state index contributed by atoms with van der Waals surface area (Å²) < 4.78 is 24.7. The first-order valence-electron chi connectivity index (χ1n) is 8.16. The molecule has 8 heteroatoms. The standard InChI is InChI=1S/C20H16BrFN2O3S/c1-3-8-27-18-15(21)9-12(10-16(18)26-2)11-17-19(25)24-20(28-17)23-14-6-4-13(22)5-7-14/h3-7,9-11H,1,8H2,2H3,(H,23,24,25)/b17-11+. The first kappa shape index (κ1) is 20.2. The Morgan fingerprint density at radius 1 is 1.32 bits per heavy atom. The molecule has 0 atom stereocenters. The van der Waals surface area contributed by atoms with Crippen LogP contribution in [0.5, 0.6) is 11.5 Å². The number of ether oxygens (including phenoxy) is 2. The van der Waals surface area contributed by atoms with Gasteiger partial charge >= 0.3 is 0 Å². The molecule has 1 aliphatic heterocycles. The smallest absolute Gasteiger partial charge is 0.264 e. The fourth-order valence-electron chi connectivity index (χ4n) is 2.37. The van der Waals surface area contributed by atoms with E-state index in [1.807, 2.05) is 6.07 Å². The van der Waals surface area contributed by atoms with Gasteiger partial charge in [-0.1, -0.05) is 12.7 Å². The van der Waals surface area contributed by atoms with E-state index in [1.165, 1.54) is 23.9 Å². The minimum Gasteiger partial charge on any atom is -0.493 e. The Balaban J connectivity index is 1.85. The Kier molecular flexibility index (Phi) is 6.53. The van der Waals surface area contributed by atoms with Gasteiger partial charge in [-0.25, -0.2) is 9.38 Å². The van der Waals surface area contributed by atoms with Crippen molar-refractivity contribution in [3.8, 4) is 11.5 Å². The summed E-state index contributed by atoms with van der Waals surface area (Å²) in [7, 11) is 1.55. The quantitative estimate of drug-likeness (QED) is 0.481. The number of carbonyl (C=O) groups excluding carboxylic acids is 1. The van der Waals surface area contributed by atoms with Gasteiger partial charge in [-0.2, -0.15) is 0 Å². The van der Waals surface area contributed by atoms with Crippen LogP contribution in [-0.2, 0) is 4.79 Å². The van der Waals surface area contributed by atoms with Crippen LogP contribution in [-0.4, -0.2) is 24.8 Å². The van der Waals surface area contributed by atoms with E-state index in [0.717, 1.165) is 5.56 Å². The molecule has 2 aromatic carbocycles.